The van der Waals surface area contributed by atoms with Crippen LogP contribution in [-0.2, 0) is 0 Å². The maximum absolute atomic E-state index is 11.5. The molecule has 0 N–H and O–H groups in total. The molecule has 2 rings (SSSR count). The van der Waals surface area contributed by atoms with Gasteiger partial charge in [0.15, 0.2) is 5.78 Å². The number of carbonyl (C=O) groups is 1. The molecule has 0 unspecified atom stereocenters. The number of carbonyl (C=O) groups excluding carboxylic acids is 1. The largest absolute Gasteiger partial charge is 0.373 e. The minimum Gasteiger partial charge on any atom is -0.373 e. The van der Waals surface area contributed by atoms with Gasteiger partial charge >= 0.3 is 0 Å². The second-order valence-corrected chi connectivity index (χ2v) is 4.86. The Morgan fingerprint density at radius 1 is 1.47 bits per heavy atom. The summed E-state index contributed by atoms with van der Waals surface area (Å²) < 4.78 is 0. The maximum Gasteiger partial charge on any atom is 0.180 e. The Morgan fingerprint density at radius 2 is 2.24 bits per heavy atom. The van der Waals surface area contributed by atoms with Gasteiger partial charge < -0.3 is 4.90 Å². The van der Waals surface area contributed by atoms with Crippen molar-refractivity contribution in [2.24, 2.45) is 5.92 Å². The molecule has 0 aliphatic heterocycles. The summed E-state index contributed by atoms with van der Waals surface area (Å²) in [6.45, 7) is 2.96. The molecule has 1 saturated carbocycles. The second-order valence-electron chi connectivity index (χ2n) is 4.86. The van der Waals surface area contributed by atoms with Crippen LogP contribution in [0.2, 0.25) is 0 Å². The summed E-state index contributed by atoms with van der Waals surface area (Å²) in [5.74, 6) is 0.954. The lowest BCUT2D eigenvalue weighted by molar-refractivity contribution is 0.0983. The zero-order valence-electron chi connectivity index (χ0n) is 10.6. The highest BCUT2D eigenvalue weighted by molar-refractivity contribution is 5.94. The molecule has 1 aromatic rings. The average Bonchev–Trinajstić information content (AvgIpc) is 2.32. The summed E-state index contributed by atoms with van der Waals surface area (Å²) in [5.41, 5.74) is 1.68. The third-order valence-corrected chi connectivity index (χ3v) is 3.55. The summed E-state index contributed by atoms with van der Waals surface area (Å²) in [7, 11) is 2.09. The number of hydrogen-bond donors (Lipinski definition) is 0. The number of pyridine rings is 1. The van der Waals surface area contributed by atoms with Gasteiger partial charge in [-0.05, 0) is 30.9 Å². The Bertz CT molecular complexity index is 382. The van der Waals surface area contributed by atoms with Gasteiger partial charge in [-0.1, -0.05) is 13.3 Å². The predicted octanol–water partition coefficient (Wildman–Crippen LogP) is 2.91. The molecule has 3 nitrogen and oxygen atoms in total. The fraction of sp³-hybridized carbons (Fsp3) is 0.571. The number of hydrogen-bond acceptors (Lipinski definition) is 3. The lowest BCUT2D eigenvalue weighted by atomic mass is 9.85. The number of anilines is 1. The molecule has 0 amide bonds. The third-order valence-electron chi connectivity index (χ3n) is 3.55. The molecule has 3 heteroatoms. The molecule has 1 heterocycles. The van der Waals surface area contributed by atoms with E-state index in [0.29, 0.717) is 12.1 Å². The number of ketones is 1. The van der Waals surface area contributed by atoms with E-state index in [0.717, 1.165) is 18.2 Å². The van der Waals surface area contributed by atoms with E-state index in [2.05, 4.69) is 16.9 Å². The molecule has 1 aliphatic rings. The van der Waals surface area contributed by atoms with Gasteiger partial charge in [0.25, 0.3) is 0 Å². The summed E-state index contributed by atoms with van der Waals surface area (Å²) in [6.07, 6.45) is 6.40. The van der Waals surface area contributed by atoms with E-state index in [1.807, 2.05) is 25.3 Å². The number of rotatable bonds is 5. The van der Waals surface area contributed by atoms with Crippen LogP contribution >= 0.6 is 0 Å². The minimum absolute atomic E-state index is 0.109. The summed E-state index contributed by atoms with van der Waals surface area (Å²) >= 11 is 0. The van der Waals surface area contributed by atoms with Crippen LogP contribution in [-0.4, -0.2) is 24.4 Å². The van der Waals surface area contributed by atoms with Gasteiger partial charge in [-0.2, -0.15) is 0 Å². The molecule has 17 heavy (non-hydrogen) atoms. The lowest BCUT2D eigenvalue weighted by Crippen LogP contribution is -2.29. The first kappa shape index (κ1) is 12.1. The van der Waals surface area contributed by atoms with Crippen LogP contribution in [0, 0.1) is 5.92 Å². The van der Waals surface area contributed by atoms with Crippen molar-refractivity contribution in [3.8, 4) is 0 Å². The highest BCUT2D eigenvalue weighted by atomic mass is 16.1. The van der Waals surface area contributed by atoms with Gasteiger partial charge in [0, 0.05) is 20.0 Å². The zero-order chi connectivity index (χ0) is 12.3. The highest BCUT2D eigenvalue weighted by Crippen LogP contribution is 2.28. The fourth-order valence-electron chi connectivity index (χ4n) is 2.13. The Balaban J connectivity index is 1.98. The average molecular weight is 232 g/mol. The van der Waals surface area contributed by atoms with Crippen molar-refractivity contribution >= 4 is 11.5 Å². The van der Waals surface area contributed by atoms with Crippen molar-refractivity contribution in [3.05, 3.63) is 24.0 Å². The number of Topliss-reactive ketones (excluding diaryl/α,β-unsaturated/α-hetero) is 1. The number of nitrogens with zero attached hydrogens (tertiary/aromatic N) is 2. The van der Waals surface area contributed by atoms with E-state index >= 15 is 0 Å². The van der Waals surface area contributed by atoms with Gasteiger partial charge in [-0.3, -0.25) is 9.78 Å². The Morgan fingerprint density at radius 3 is 2.71 bits per heavy atom. The molecule has 0 atom stereocenters. The predicted molar refractivity (Wildman–Crippen MR) is 69.5 cm³/mol. The normalized spacial score (nSPS) is 15.4. The standard InChI is InChI=1S/C14H20N2O/c1-3-14(17)13-8-7-12(9-15-13)16(2)10-11-5-4-6-11/h7-9,11H,3-6,10H2,1-2H3. The molecule has 0 aromatic carbocycles. The molecular formula is C14H20N2O. The van der Waals surface area contributed by atoms with Crippen molar-refractivity contribution in [3.63, 3.8) is 0 Å². The van der Waals surface area contributed by atoms with Gasteiger partial charge in [0.2, 0.25) is 0 Å². The van der Waals surface area contributed by atoms with Crippen molar-refractivity contribution in [2.75, 3.05) is 18.5 Å². The fourth-order valence-corrected chi connectivity index (χ4v) is 2.13. The van der Waals surface area contributed by atoms with Crippen LogP contribution < -0.4 is 4.90 Å². The van der Waals surface area contributed by atoms with E-state index < -0.39 is 0 Å². The topological polar surface area (TPSA) is 33.2 Å². The van der Waals surface area contributed by atoms with E-state index in [1.54, 1.807) is 0 Å². The lowest BCUT2D eigenvalue weighted by Gasteiger charge is -2.31. The van der Waals surface area contributed by atoms with Crippen LogP contribution in [0.4, 0.5) is 5.69 Å². The van der Waals surface area contributed by atoms with Crippen molar-refractivity contribution < 1.29 is 4.79 Å². The van der Waals surface area contributed by atoms with Crippen LogP contribution in [0.5, 0.6) is 0 Å². The first-order valence-electron chi connectivity index (χ1n) is 6.41. The molecule has 0 spiro atoms. The zero-order valence-corrected chi connectivity index (χ0v) is 10.6. The number of aromatic nitrogens is 1. The monoisotopic (exact) mass is 232 g/mol. The molecule has 1 aliphatic carbocycles. The van der Waals surface area contributed by atoms with E-state index in [1.165, 1.54) is 19.3 Å². The first-order chi connectivity index (χ1) is 8.20. The molecule has 1 fully saturated rings. The highest BCUT2D eigenvalue weighted by Gasteiger charge is 2.19. The Hall–Kier alpha value is -1.38. The van der Waals surface area contributed by atoms with Crippen LogP contribution in [0.1, 0.15) is 43.1 Å². The van der Waals surface area contributed by atoms with E-state index in [9.17, 15) is 4.79 Å². The Labute approximate surface area is 103 Å². The van der Waals surface area contributed by atoms with Crippen LogP contribution in [0.15, 0.2) is 18.3 Å². The summed E-state index contributed by atoms with van der Waals surface area (Å²) in [5, 5.41) is 0. The van der Waals surface area contributed by atoms with Gasteiger partial charge in [-0.15, -0.1) is 0 Å². The molecular weight excluding hydrogens is 212 g/mol. The summed E-state index contributed by atoms with van der Waals surface area (Å²) in [6, 6.07) is 3.83. The molecule has 0 radical (unpaired) electrons. The van der Waals surface area contributed by atoms with Crippen molar-refractivity contribution in [1.29, 1.82) is 0 Å². The SMILES string of the molecule is CCC(=O)c1ccc(N(C)CC2CCC2)cn1. The van der Waals surface area contributed by atoms with Crippen molar-refractivity contribution in [2.45, 2.75) is 32.6 Å². The third kappa shape index (κ3) is 2.84. The van der Waals surface area contributed by atoms with E-state index in [-0.39, 0.29) is 5.78 Å². The smallest absolute Gasteiger partial charge is 0.180 e. The Kier molecular flexibility index (Phi) is 3.77. The quantitative estimate of drug-likeness (QED) is 0.732. The van der Waals surface area contributed by atoms with E-state index in [4.69, 9.17) is 0 Å². The second kappa shape index (κ2) is 5.30. The molecule has 0 bridgehead atoms. The van der Waals surface area contributed by atoms with Gasteiger partial charge in [0.1, 0.15) is 5.69 Å². The molecule has 0 saturated heterocycles. The van der Waals surface area contributed by atoms with Crippen LogP contribution in [0.25, 0.3) is 0 Å². The van der Waals surface area contributed by atoms with Gasteiger partial charge in [-0.25, -0.2) is 0 Å². The molecule has 92 valence electrons. The minimum atomic E-state index is 0.109. The maximum atomic E-state index is 11.5. The van der Waals surface area contributed by atoms with Gasteiger partial charge in [0.05, 0.1) is 11.9 Å². The first-order valence-corrected chi connectivity index (χ1v) is 6.41. The molecule has 1 aromatic heterocycles. The summed E-state index contributed by atoms with van der Waals surface area (Å²) in [4.78, 5) is 17.9. The van der Waals surface area contributed by atoms with Crippen LogP contribution in [0.3, 0.4) is 0 Å². The van der Waals surface area contributed by atoms with Crippen molar-refractivity contribution in [1.82, 2.24) is 4.98 Å².